The third-order valence-corrected chi connectivity index (χ3v) is 4.03. The number of hydrogen-bond donors (Lipinski definition) is 1. The number of rotatable bonds is 3. The van der Waals surface area contributed by atoms with Gasteiger partial charge in [0.25, 0.3) is 0 Å². The fraction of sp³-hybridized carbons (Fsp3) is 0.235. The Morgan fingerprint density at radius 3 is 2.71 bits per heavy atom. The lowest BCUT2D eigenvalue weighted by Gasteiger charge is -2.28. The Kier molecular flexibility index (Phi) is 3.62. The summed E-state index contributed by atoms with van der Waals surface area (Å²) >= 11 is 0. The summed E-state index contributed by atoms with van der Waals surface area (Å²) in [5.41, 5.74) is 1.62. The van der Waals surface area contributed by atoms with E-state index in [1.807, 2.05) is 18.2 Å². The fourth-order valence-corrected chi connectivity index (χ4v) is 2.83. The molecule has 0 bridgehead atoms. The maximum absolute atomic E-state index is 11.0. The third kappa shape index (κ3) is 2.59. The molecule has 122 valence electrons. The molecule has 1 fully saturated rings. The summed E-state index contributed by atoms with van der Waals surface area (Å²) in [7, 11) is 0. The maximum atomic E-state index is 11.0. The van der Waals surface area contributed by atoms with Gasteiger partial charge in [-0.05, 0) is 30.3 Å². The van der Waals surface area contributed by atoms with E-state index in [9.17, 15) is 4.79 Å². The van der Waals surface area contributed by atoms with Crippen molar-refractivity contribution >= 4 is 22.7 Å². The van der Waals surface area contributed by atoms with Crippen molar-refractivity contribution in [2.75, 3.05) is 31.2 Å². The van der Waals surface area contributed by atoms with Gasteiger partial charge in [0, 0.05) is 24.0 Å². The average molecular weight is 325 g/mol. The number of carboxylic acid groups (broad SMARTS) is 1. The molecule has 1 aromatic carbocycles. The van der Waals surface area contributed by atoms with Gasteiger partial charge in [0.2, 0.25) is 5.76 Å². The molecule has 3 heterocycles. The Morgan fingerprint density at radius 2 is 1.96 bits per heavy atom. The molecule has 0 spiro atoms. The fourth-order valence-electron chi connectivity index (χ4n) is 2.83. The Bertz CT molecular complexity index is 900. The van der Waals surface area contributed by atoms with Crippen LogP contribution in [-0.2, 0) is 4.74 Å². The number of carboxylic acids is 1. The topological polar surface area (TPSA) is 88.7 Å². The molecular formula is C17H15N3O4. The molecule has 7 nitrogen and oxygen atoms in total. The van der Waals surface area contributed by atoms with Crippen LogP contribution in [-0.4, -0.2) is 47.3 Å². The number of morpholine rings is 1. The van der Waals surface area contributed by atoms with Crippen LogP contribution in [0.5, 0.6) is 0 Å². The predicted molar refractivity (Wildman–Crippen MR) is 87.2 cm³/mol. The van der Waals surface area contributed by atoms with Crippen molar-refractivity contribution in [1.82, 2.24) is 9.97 Å². The van der Waals surface area contributed by atoms with E-state index in [0.29, 0.717) is 19.0 Å². The normalized spacial score (nSPS) is 14.9. The molecule has 7 heteroatoms. The minimum absolute atomic E-state index is 0.0807. The minimum Gasteiger partial charge on any atom is -0.475 e. The van der Waals surface area contributed by atoms with Crippen LogP contribution in [0.2, 0.25) is 0 Å². The molecule has 3 aromatic rings. The van der Waals surface area contributed by atoms with E-state index in [2.05, 4.69) is 14.9 Å². The molecule has 0 aliphatic carbocycles. The van der Waals surface area contributed by atoms with Gasteiger partial charge in [-0.3, -0.25) is 0 Å². The number of ether oxygens (including phenoxy) is 1. The zero-order valence-electron chi connectivity index (χ0n) is 12.8. The number of aromatic carboxylic acids is 1. The van der Waals surface area contributed by atoms with Gasteiger partial charge in [-0.25, -0.2) is 14.8 Å². The molecule has 1 N–H and O–H groups in total. The Hall–Kier alpha value is -2.93. The molecular weight excluding hydrogens is 310 g/mol. The van der Waals surface area contributed by atoms with E-state index in [1.165, 1.54) is 6.07 Å². The highest BCUT2D eigenvalue weighted by atomic mass is 16.5. The van der Waals surface area contributed by atoms with Crippen LogP contribution in [0.4, 0.5) is 5.82 Å². The van der Waals surface area contributed by atoms with Gasteiger partial charge in [-0.2, -0.15) is 0 Å². The molecule has 0 saturated carbocycles. The first kappa shape index (κ1) is 14.6. The van der Waals surface area contributed by atoms with Crippen molar-refractivity contribution < 1.29 is 19.1 Å². The number of furan rings is 1. The standard InChI is InChI=1S/C17H15N3O4/c21-17(22)15-4-3-14(24-15)11-1-2-13-12(9-11)16(19-10-18-13)20-5-7-23-8-6-20/h1-4,9-10H,5-8H2,(H,21,22). The van der Waals surface area contributed by atoms with Gasteiger partial charge in [-0.15, -0.1) is 0 Å². The molecule has 0 atom stereocenters. The van der Waals surface area contributed by atoms with Crippen molar-refractivity contribution in [2.24, 2.45) is 0 Å². The van der Waals surface area contributed by atoms with Crippen molar-refractivity contribution in [1.29, 1.82) is 0 Å². The summed E-state index contributed by atoms with van der Waals surface area (Å²) < 4.78 is 10.8. The van der Waals surface area contributed by atoms with Gasteiger partial charge in [0.1, 0.15) is 17.9 Å². The second-order valence-corrected chi connectivity index (χ2v) is 5.50. The first-order chi connectivity index (χ1) is 11.7. The predicted octanol–water partition coefficient (Wildman–Crippen LogP) is 2.42. The summed E-state index contributed by atoms with van der Waals surface area (Å²) in [5.74, 6) is 0.198. The van der Waals surface area contributed by atoms with E-state index in [0.717, 1.165) is 35.4 Å². The van der Waals surface area contributed by atoms with Gasteiger partial charge in [-0.1, -0.05) is 0 Å². The summed E-state index contributed by atoms with van der Waals surface area (Å²) in [6, 6.07) is 8.79. The smallest absolute Gasteiger partial charge is 0.371 e. The van der Waals surface area contributed by atoms with E-state index < -0.39 is 5.97 Å². The number of anilines is 1. The molecule has 24 heavy (non-hydrogen) atoms. The molecule has 4 rings (SSSR count). The first-order valence-corrected chi connectivity index (χ1v) is 7.63. The molecule has 1 aliphatic heterocycles. The van der Waals surface area contributed by atoms with E-state index in [1.54, 1.807) is 12.4 Å². The van der Waals surface area contributed by atoms with Crippen molar-refractivity contribution in [3.63, 3.8) is 0 Å². The molecule has 1 saturated heterocycles. The summed E-state index contributed by atoms with van der Waals surface area (Å²) in [6.45, 7) is 2.90. The number of hydrogen-bond acceptors (Lipinski definition) is 6. The van der Waals surface area contributed by atoms with Crippen LogP contribution in [0.1, 0.15) is 10.6 Å². The van der Waals surface area contributed by atoms with Gasteiger partial charge < -0.3 is 19.2 Å². The Labute approximate surface area is 137 Å². The van der Waals surface area contributed by atoms with Gasteiger partial charge in [0.05, 0.1) is 18.7 Å². The second kappa shape index (κ2) is 5.93. The highest BCUT2D eigenvalue weighted by Gasteiger charge is 2.17. The maximum Gasteiger partial charge on any atom is 0.371 e. The van der Waals surface area contributed by atoms with Crippen molar-refractivity contribution in [3.8, 4) is 11.3 Å². The number of nitrogens with zero attached hydrogens (tertiary/aromatic N) is 3. The Morgan fingerprint density at radius 1 is 1.12 bits per heavy atom. The number of aromatic nitrogens is 2. The van der Waals surface area contributed by atoms with Crippen LogP contribution in [0.25, 0.3) is 22.2 Å². The second-order valence-electron chi connectivity index (χ2n) is 5.50. The summed E-state index contributed by atoms with van der Waals surface area (Å²) in [5, 5.41) is 9.91. The number of carbonyl (C=O) groups is 1. The molecule has 2 aromatic heterocycles. The van der Waals surface area contributed by atoms with E-state index in [-0.39, 0.29) is 5.76 Å². The number of fused-ring (bicyclic) bond motifs is 1. The lowest BCUT2D eigenvalue weighted by molar-refractivity contribution is 0.0663. The largest absolute Gasteiger partial charge is 0.475 e. The van der Waals surface area contributed by atoms with Crippen LogP contribution in [0, 0.1) is 0 Å². The minimum atomic E-state index is -1.08. The van der Waals surface area contributed by atoms with E-state index >= 15 is 0 Å². The summed E-state index contributed by atoms with van der Waals surface area (Å²) in [4.78, 5) is 21.9. The summed E-state index contributed by atoms with van der Waals surface area (Å²) in [6.07, 6.45) is 1.56. The van der Waals surface area contributed by atoms with Gasteiger partial charge in [0.15, 0.2) is 0 Å². The highest BCUT2D eigenvalue weighted by molar-refractivity contribution is 5.93. The van der Waals surface area contributed by atoms with Crippen molar-refractivity contribution in [3.05, 3.63) is 42.4 Å². The quantitative estimate of drug-likeness (QED) is 0.791. The van der Waals surface area contributed by atoms with Crippen LogP contribution in [0.3, 0.4) is 0 Å². The monoisotopic (exact) mass is 325 g/mol. The zero-order chi connectivity index (χ0) is 16.5. The van der Waals surface area contributed by atoms with Gasteiger partial charge >= 0.3 is 5.97 Å². The lowest BCUT2D eigenvalue weighted by atomic mass is 10.1. The molecule has 0 amide bonds. The molecule has 0 unspecified atom stereocenters. The average Bonchev–Trinajstić information content (AvgIpc) is 3.12. The van der Waals surface area contributed by atoms with Crippen molar-refractivity contribution in [2.45, 2.75) is 0 Å². The van der Waals surface area contributed by atoms with Crippen LogP contribution in [0.15, 0.2) is 41.1 Å². The Balaban J connectivity index is 1.79. The van der Waals surface area contributed by atoms with Crippen LogP contribution < -0.4 is 4.90 Å². The van der Waals surface area contributed by atoms with Crippen LogP contribution >= 0.6 is 0 Å². The highest BCUT2D eigenvalue weighted by Crippen LogP contribution is 2.30. The number of benzene rings is 1. The van der Waals surface area contributed by atoms with E-state index in [4.69, 9.17) is 14.3 Å². The molecule has 0 radical (unpaired) electrons. The zero-order valence-corrected chi connectivity index (χ0v) is 12.8. The third-order valence-electron chi connectivity index (χ3n) is 4.03. The molecule has 1 aliphatic rings. The lowest BCUT2D eigenvalue weighted by Crippen LogP contribution is -2.36. The SMILES string of the molecule is O=C(O)c1ccc(-c2ccc3ncnc(N4CCOCC4)c3c2)o1. The first-order valence-electron chi connectivity index (χ1n) is 7.63.